The maximum absolute atomic E-state index is 12.0. The van der Waals surface area contributed by atoms with E-state index in [-0.39, 0.29) is 23.6 Å². The van der Waals surface area contributed by atoms with Gasteiger partial charge >= 0.3 is 6.03 Å². The van der Waals surface area contributed by atoms with E-state index in [0.717, 1.165) is 32.2 Å². The topological polar surface area (TPSA) is 64.6 Å². The zero-order chi connectivity index (χ0) is 16.0. The molecule has 0 spiro atoms. The Balaban J connectivity index is 2.32. The number of carbonyl (C=O) groups excluding carboxylic acids is 1. The molecule has 1 aliphatic carbocycles. The van der Waals surface area contributed by atoms with Crippen molar-refractivity contribution in [3.05, 3.63) is 0 Å². The molecule has 0 heterocycles. The van der Waals surface area contributed by atoms with Crippen LogP contribution in [0.5, 0.6) is 0 Å². The van der Waals surface area contributed by atoms with Crippen molar-refractivity contribution in [1.82, 2.24) is 15.5 Å². The van der Waals surface area contributed by atoms with Gasteiger partial charge in [-0.1, -0.05) is 20.3 Å². The van der Waals surface area contributed by atoms with E-state index in [1.165, 1.54) is 0 Å². The van der Waals surface area contributed by atoms with E-state index in [1.807, 2.05) is 21.0 Å². The van der Waals surface area contributed by atoms with Gasteiger partial charge in [0, 0.05) is 19.1 Å². The second-order valence-electron chi connectivity index (χ2n) is 7.49. The number of hydrogen-bond donors (Lipinski definition) is 3. The van der Waals surface area contributed by atoms with Gasteiger partial charge in [0.1, 0.15) is 0 Å². The molecule has 124 valence electrons. The molecule has 0 saturated heterocycles. The summed E-state index contributed by atoms with van der Waals surface area (Å²) in [6.45, 7) is 7.95. The van der Waals surface area contributed by atoms with Crippen LogP contribution in [-0.2, 0) is 0 Å². The Labute approximate surface area is 129 Å². The van der Waals surface area contributed by atoms with Crippen LogP contribution in [0, 0.1) is 11.3 Å². The lowest BCUT2D eigenvalue weighted by Gasteiger charge is -2.35. The number of urea groups is 1. The van der Waals surface area contributed by atoms with Gasteiger partial charge in [0.15, 0.2) is 0 Å². The van der Waals surface area contributed by atoms with Gasteiger partial charge in [0.2, 0.25) is 0 Å². The quantitative estimate of drug-likeness (QED) is 0.701. The van der Waals surface area contributed by atoms with Crippen molar-refractivity contribution in [1.29, 1.82) is 0 Å². The third-order valence-corrected chi connectivity index (χ3v) is 4.55. The Morgan fingerprint density at radius 1 is 1.38 bits per heavy atom. The number of aliphatic hydroxyl groups excluding tert-OH is 1. The molecule has 1 saturated carbocycles. The summed E-state index contributed by atoms with van der Waals surface area (Å²) < 4.78 is 0. The van der Waals surface area contributed by atoms with Crippen LogP contribution >= 0.6 is 0 Å². The van der Waals surface area contributed by atoms with Crippen LogP contribution < -0.4 is 10.6 Å². The molecule has 0 aromatic carbocycles. The highest BCUT2D eigenvalue weighted by atomic mass is 16.3. The second kappa shape index (κ2) is 7.99. The summed E-state index contributed by atoms with van der Waals surface area (Å²) in [5, 5.41) is 15.6. The molecule has 0 aromatic heterocycles. The highest BCUT2D eigenvalue weighted by Gasteiger charge is 2.28. The first-order valence-corrected chi connectivity index (χ1v) is 8.08. The Morgan fingerprint density at radius 3 is 2.62 bits per heavy atom. The molecule has 21 heavy (non-hydrogen) atoms. The first-order valence-electron chi connectivity index (χ1n) is 8.08. The lowest BCUT2D eigenvalue weighted by molar-refractivity contribution is 0.101. The van der Waals surface area contributed by atoms with E-state index in [9.17, 15) is 9.90 Å². The summed E-state index contributed by atoms with van der Waals surface area (Å²) in [6.07, 6.45) is 3.67. The molecule has 5 heteroatoms. The molecule has 3 N–H and O–H groups in total. The van der Waals surface area contributed by atoms with Crippen molar-refractivity contribution < 1.29 is 9.90 Å². The SMILES string of the molecule is CC(NC(=O)NCC1CCCC(O)C1)C(C)(C)CN(C)C. The fourth-order valence-electron chi connectivity index (χ4n) is 3.08. The van der Waals surface area contributed by atoms with Crippen LogP contribution in [0.2, 0.25) is 0 Å². The molecular formula is C16H33N3O2. The first kappa shape index (κ1) is 18.2. The summed E-state index contributed by atoms with van der Waals surface area (Å²) >= 11 is 0. The van der Waals surface area contributed by atoms with E-state index < -0.39 is 0 Å². The van der Waals surface area contributed by atoms with E-state index >= 15 is 0 Å². The predicted molar refractivity (Wildman–Crippen MR) is 86.3 cm³/mol. The minimum absolute atomic E-state index is 0.0157. The van der Waals surface area contributed by atoms with Crippen molar-refractivity contribution >= 4 is 6.03 Å². The fourth-order valence-corrected chi connectivity index (χ4v) is 3.08. The molecule has 5 nitrogen and oxygen atoms in total. The summed E-state index contributed by atoms with van der Waals surface area (Å²) in [6, 6.07) is -0.00811. The van der Waals surface area contributed by atoms with Gasteiger partial charge in [-0.15, -0.1) is 0 Å². The summed E-state index contributed by atoms with van der Waals surface area (Å²) in [7, 11) is 4.09. The molecule has 0 bridgehead atoms. The number of carbonyl (C=O) groups is 1. The smallest absolute Gasteiger partial charge is 0.315 e. The molecule has 1 aliphatic rings. The maximum Gasteiger partial charge on any atom is 0.315 e. The third kappa shape index (κ3) is 6.66. The lowest BCUT2D eigenvalue weighted by atomic mass is 9.85. The van der Waals surface area contributed by atoms with Gasteiger partial charge < -0.3 is 20.6 Å². The average molecular weight is 299 g/mol. The molecule has 1 rings (SSSR count). The predicted octanol–water partition coefficient (Wildman–Crippen LogP) is 1.81. The molecule has 1 fully saturated rings. The number of amides is 2. The molecule has 0 aromatic rings. The van der Waals surface area contributed by atoms with Crippen LogP contribution in [0.4, 0.5) is 4.79 Å². The molecule has 3 atom stereocenters. The van der Waals surface area contributed by atoms with Crippen molar-refractivity contribution in [3.63, 3.8) is 0 Å². The van der Waals surface area contributed by atoms with Crippen molar-refractivity contribution in [2.45, 2.75) is 58.6 Å². The van der Waals surface area contributed by atoms with Gasteiger partial charge in [-0.3, -0.25) is 0 Å². The van der Waals surface area contributed by atoms with Crippen LogP contribution in [0.15, 0.2) is 0 Å². The Bertz CT molecular complexity index is 331. The van der Waals surface area contributed by atoms with E-state index in [1.54, 1.807) is 0 Å². The standard InChI is InChI=1S/C16H33N3O2/c1-12(16(2,3)11-19(4)5)18-15(21)17-10-13-7-6-8-14(20)9-13/h12-14,20H,6-11H2,1-5H3,(H2,17,18,21). The number of hydrogen-bond acceptors (Lipinski definition) is 3. The summed E-state index contributed by atoms with van der Waals surface area (Å²) in [5.74, 6) is 0.407. The molecule has 0 radical (unpaired) electrons. The van der Waals surface area contributed by atoms with Crippen molar-refractivity contribution in [2.75, 3.05) is 27.2 Å². The van der Waals surface area contributed by atoms with Gasteiger partial charge in [-0.25, -0.2) is 4.79 Å². The monoisotopic (exact) mass is 299 g/mol. The van der Waals surface area contributed by atoms with E-state index in [4.69, 9.17) is 0 Å². The zero-order valence-corrected chi connectivity index (χ0v) is 14.3. The van der Waals surface area contributed by atoms with Crippen LogP contribution in [-0.4, -0.2) is 55.4 Å². The Hall–Kier alpha value is -0.810. The van der Waals surface area contributed by atoms with Crippen LogP contribution in [0.3, 0.4) is 0 Å². The Kier molecular flexibility index (Phi) is 6.94. The minimum Gasteiger partial charge on any atom is -0.393 e. The first-order chi connectivity index (χ1) is 9.70. The number of aliphatic hydroxyl groups is 1. The number of rotatable bonds is 6. The summed E-state index contributed by atoms with van der Waals surface area (Å²) in [4.78, 5) is 14.2. The van der Waals surface area contributed by atoms with Crippen LogP contribution in [0.25, 0.3) is 0 Å². The Morgan fingerprint density at radius 2 is 2.05 bits per heavy atom. The second-order valence-corrected chi connectivity index (χ2v) is 7.49. The summed E-state index contributed by atoms with van der Waals surface area (Å²) in [5.41, 5.74) is 0.0157. The average Bonchev–Trinajstić information content (AvgIpc) is 2.35. The molecule has 2 amide bonds. The van der Waals surface area contributed by atoms with Crippen LogP contribution in [0.1, 0.15) is 46.5 Å². The highest BCUT2D eigenvalue weighted by molar-refractivity contribution is 5.74. The lowest BCUT2D eigenvalue weighted by Crippen LogP contribution is -2.51. The van der Waals surface area contributed by atoms with Gasteiger partial charge in [0.05, 0.1) is 6.10 Å². The van der Waals surface area contributed by atoms with Crippen molar-refractivity contribution in [2.24, 2.45) is 11.3 Å². The van der Waals surface area contributed by atoms with E-state index in [2.05, 4.69) is 29.4 Å². The fraction of sp³-hybridized carbons (Fsp3) is 0.938. The van der Waals surface area contributed by atoms with E-state index in [0.29, 0.717) is 12.5 Å². The maximum atomic E-state index is 12.0. The largest absolute Gasteiger partial charge is 0.393 e. The van der Waals surface area contributed by atoms with Crippen molar-refractivity contribution in [3.8, 4) is 0 Å². The molecule has 0 aliphatic heterocycles. The van der Waals surface area contributed by atoms with Gasteiger partial charge in [-0.2, -0.15) is 0 Å². The number of nitrogens with zero attached hydrogens (tertiary/aromatic N) is 1. The highest BCUT2D eigenvalue weighted by Crippen LogP contribution is 2.23. The molecular weight excluding hydrogens is 266 g/mol. The third-order valence-electron chi connectivity index (χ3n) is 4.55. The van der Waals surface area contributed by atoms with Gasteiger partial charge in [0.25, 0.3) is 0 Å². The van der Waals surface area contributed by atoms with Gasteiger partial charge in [-0.05, 0) is 51.6 Å². The zero-order valence-electron chi connectivity index (χ0n) is 14.3. The molecule has 3 unspecified atom stereocenters. The minimum atomic E-state index is -0.188. The number of nitrogens with one attached hydrogen (secondary N) is 2. The normalized spacial score (nSPS) is 24.7.